The van der Waals surface area contributed by atoms with E-state index in [1.165, 1.54) is 6.20 Å². The number of rotatable bonds is 6. The van der Waals surface area contributed by atoms with Gasteiger partial charge in [-0.05, 0) is 12.5 Å². The molecule has 0 aliphatic rings. The van der Waals surface area contributed by atoms with Crippen LogP contribution in [-0.2, 0) is 12.7 Å². The summed E-state index contributed by atoms with van der Waals surface area (Å²) >= 11 is 0. The van der Waals surface area contributed by atoms with E-state index in [4.69, 9.17) is 5.73 Å². The first-order valence-corrected chi connectivity index (χ1v) is 8.78. The lowest BCUT2D eigenvalue weighted by Crippen LogP contribution is -2.09. The van der Waals surface area contributed by atoms with Crippen molar-refractivity contribution in [3.8, 4) is 11.3 Å². The van der Waals surface area contributed by atoms with Gasteiger partial charge >= 0.3 is 6.18 Å². The molecule has 4 aromatic heterocycles. The molecule has 0 atom stereocenters. The van der Waals surface area contributed by atoms with Crippen molar-refractivity contribution in [1.82, 2.24) is 29.5 Å². The lowest BCUT2D eigenvalue weighted by molar-refractivity contribution is -0.137. The molecular weight excluding hydrogens is 385 g/mol. The van der Waals surface area contributed by atoms with Gasteiger partial charge in [0.2, 0.25) is 5.95 Å². The van der Waals surface area contributed by atoms with Crippen molar-refractivity contribution in [2.75, 3.05) is 17.6 Å². The van der Waals surface area contributed by atoms with E-state index in [2.05, 4.69) is 30.2 Å². The maximum Gasteiger partial charge on any atom is 0.417 e. The molecule has 0 aromatic carbocycles. The number of aromatic amines is 1. The average Bonchev–Trinajstić information content (AvgIpc) is 3.35. The number of imidazole rings is 1. The number of nitrogens with two attached hydrogens (primary N) is 1. The highest BCUT2D eigenvalue weighted by atomic mass is 19.4. The number of H-pyrrole nitrogens is 1. The normalized spacial score (nSPS) is 11.8. The van der Waals surface area contributed by atoms with Crippen molar-refractivity contribution in [2.24, 2.45) is 0 Å². The first-order chi connectivity index (χ1) is 13.9. The van der Waals surface area contributed by atoms with Crippen LogP contribution in [0.3, 0.4) is 0 Å². The second-order valence-corrected chi connectivity index (χ2v) is 6.40. The Morgan fingerprint density at radius 3 is 2.83 bits per heavy atom. The van der Waals surface area contributed by atoms with Crippen LogP contribution in [-0.4, -0.2) is 36.0 Å². The Hall–Kier alpha value is -3.63. The summed E-state index contributed by atoms with van der Waals surface area (Å²) < 4.78 is 41.1. The van der Waals surface area contributed by atoms with Gasteiger partial charge in [-0.3, -0.25) is 0 Å². The van der Waals surface area contributed by atoms with Gasteiger partial charge in [0, 0.05) is 48.8 Å². The number of nitrogens with zero attached hydrogens (tertiary/aromatic N) is 5. The number of hydrogen-bond donors (Lipinski definition) is 3. The van der Waals surface area contributed by atoms with Crippen LogP contribution >= 0.6 is 0 Å². The number of pyridine rings is 1. The first-order valence-electron chi connectivity index (χ1n) is 8.78. The first kappa shape index (κ1) is 18.7. The van der Waals surface area contributed by atoms with Gasteiger partial charge < -0.3 is 20.6 Å². The van der Waals surface area contributed by atoms with E-state index in [1.54, 1.807) is 18.7 Å². The molecule has 8 nitrogen and oxygen atoms in total. The van der Waals surface area contributed by atoms with E-state index in [9.17, 15) is 13.2 Å². The molecule has 0 bridgehead atoms. The molecular formula is C18H17F3N8. The standard InChI is InChI=1S/C18H17F3N8/c19-18(20,21)11-6-12-13(8-26-16(12)25-7-11)15-14(22)9-27-17(28-15)24-2-1-4-29-5-3-23-10-29/h3,5-10H,1-2,4,22H2,(H,25,26)(H,24,27,28). The van der Waals surface area contributed by atoms with Gasteiger partial charge in [-0.25, -0.2) is 19.9 Å². The minimum absolute atomic E-state index is 0.257. The van der Waals surface area contributed by atoms with Crippen molar-refractivity contribution in [3.63, 3.8) is 0 Å². The van der Waals surface area contributed by atoms with Gasteiger partial charge in [-0.1, -0.05) is 0 Å². The third-order valence-electron chi connectivity index (χ3n) is 4.37. The fourth-order valence-corrected chi connectivity index (χ4v) is 2.93. The summed E-state index contributed by atoms with van der Waals surface area (Å²) in [4.78, 5) is 19.2. The minimum atomic E-state index is -4.49. The van der Waals surface area contributed by atoms with Gasteiger partial charge in [0.25, 0.3) is 0 Å². The molecule has 0 fully saturated rings. The third kappa shape index (κ3) is 3.98. The van der Waals surface area contributed by atoms with Crippen molar-refractivity contribution in [1.29, 1.82) is 0 Å². The van der Waals surface area contributed by atoms with E-state index in [0.717, 1.165) is 25.2 Å². The highest BCUT2D eigenvalue weighted by Crippen LogP contribution is 2.35. The van der Waals surface area contributed by atoms with E-state index in [1.807, 2.05) is 10.8 Å². The van der Waals surface area contributed by atoms with Crippen LogP contribution in [0.5, 0.6) is 0 Å². The zero-order chi connectivity index (χ0) is 20.4. The Kier molecular flexibility index (Phi) is 4.79. The van der Waals surface area contributed by atoms with E-state index < -0.39 is 11.7 Å². The zero-order valence-corrected chi connectivity index (χ0v) is 15.1. The number of hydrogen-bond acceptors (Lipinski definition) is 6. The van der Waals surface area contributed by atoms with Gasteiger partial charge in [0.1, 0.15) is 11.3 Å². The summed E-state index contributed by atoms with van der Waals surface area (Å²) in [6, 6.07) is 1.04. The summed E-state index contributed by atoms with van der Waals surface area (Å²) in [5, 5.41) is 3.39. The monoisotopic (exact) mass is 402 g/mol. The van der Waals surface area contributed by atoms with E-state index in [0.29, 0.717) is 29.4 Å². The molecule has 0 unspecified atom stereocenters. The lowest BCUT2D eigenvalue weighted by Gasteiger charge is -2.09. The molecule has 150 valence electrons. The van der Waals surface area contributed by atoms with Crippen molar-refractivity contribution in [3.05, 3.63) is 48.9 Å². The Bertz CT molecular complexity index is 1120. The van der Waals surface area contributed by atoms with Crippen molar-refractivity contribution in [2.45, 2.75) is 19.1 Å². The van der Waals surface area contributed by atoms with Gasteiger partial charge in [0.15, 0.2) is 0 Å². The molecule has 4 rings (SSSR count). The smallest absolute Gasteiger partial charge is 0.396 e. The quantitative estimate of drug-likeness (QED) is 0.427. The number of aromatic nitrogens is 6. The number of fused-ring (bicyclic) bond motifs is 1. The predicted molar refractivity (Wildman–Crippen MR) is 102 cm³/mol. The molecule has 29 heavy (non-hydrogen) atoms. The van der Waals surface area contributed by atoms with Crippen LogP contribution in [0, 0.1) is 0 Å². The second-order valence-electron chi connectivity index (χ2n) is 6.40. The molecule has 4 aromatic rings. The van der Waals surface area contributed by atoms with Crippen LogP contribution in [0.2, 0.25) is 0 Å². The van der Waals surface area contributed by atoms with Crippen molar-refractivity contribution >= 4 is 22.7 Å². The summed E-state index contributed by atoms with van der Waals surface area (Å²) in [6.07, 6.45) is 5.40. The zero-order valence-electron chi connectivity index (χ0n) is 15.1. The number of aryl methyl sites for hydroxylation is 1. The molecule has 0 spiro atoms. The molecule has 4 N–H and O–H groups in total. The Labute approximate surface area is 163 Å². The molecule has 0 saturated carbocycles. The van der Waals surface area contributed by atoms with Crippen LogP contribution in [0.4, 0.5) is 24.8 Å². The minimum Gasteiger partial charge on any atom is -0.396 e. The fraction of sp³-hybridized carbons (Fsp3) is 0.222. The SMILES string of the molecule is Nc1cnc(NCCCn2ccnc2)nc1-c1c[nH]c2ncc(C(F)(F)F)cc12. The van der Waals surface area contributed by atoms with Crippen LogP contribution in [0.15, 0.2) is 43.4 Å². The number of nitrogen functional groups attached to an aromatic ring is 1. The van der Waals surface area contributed by atoms with Gasteiger partial charge in [0.05, 0.1) is 23.8 Å². The molecule has 0 saturated heterocycles. The maximum atomic E-state index is 13.1. The Morgan fingerprint density at radius 2 is 2.07 bits per heavy atom. The Morgan fingerprint density at radius 1 is 1.21 bits per heavy atom. The highest BCUT2D eigenvalue weighted by Gasteiger charge is 2.31. The summed E-state index contributed by atoms with van der Waals surface area (Å²) in [5.74, 6) is 0.342. The number of nitrogens with one attached hydrogen (secondary N) is 2. The number of anilines is 2. The van der Waals surface area contributed by atoms with Gasteiger partial charge in [-0.2, -0.15) is 13.2 Å². The molecule has 0 amide bonds. The fourth-order valence-electron chi connectivity index (χ4n) is 2.93. The summed E-state index contributed by atoms with van der Waals surface area (Å²) in [5.41, 5.74) is 6.50. The third-order valence-corrected chi connectivity index (χ3v) is 4.37. The maximum absolute atomic E-state index is 13.1. The Balaban J connectivity index is 1.57. The van der Waals surface area contributed by atoms with Gasteiger partial charge in [-0.15, -0.1) is 0 Å². The average molecular weight is 402 g/mol. The topological polar surface area (TPSA) is 110 Å². The highest BCUT2D eigenvalue weighted by molar-refractivity contribution is 5.95. The van der Waals surface area contributed by atoms with Crippen LogP contribution in [0.1, 0.15) is 12.0 Å². The predicted octanol–water partition coefficient (Wildman–Crippen LogP) is 3.32. The van der Waals surface area contributed by atoms with Crippen LogP contribution in [0.25, 0.3) is 22.3 Å². The number of alkyl halides is 3. The molecule has 0 aliphatic carbocycles. The number of halogens is 3. The molecule has 4 heterocycles. The lowest BCUT2D eigenvalue weighted by atomic mass is 10.1. The molecule has 0 aliphatic heterocycles. The van der Waals surface area contributed by atoms with Crippen LogP contribution < -0.4 is 11.1 Å². The van der Waals surface area contributed by atoms with E-state index in [-0.39, 0.29) is 11.1 Å². The second kappa shape index (κ2) is 7.41. The summed E-state index contributed by atoms with van der Waals surface area (Å²) in [6.45, 7) is 1.39. The molecule has 0 radical (unpaired) electrons. The van der Waals surface area contributed by atoms with E-state index >= 15 is 0 Å². The van der Waals surface area contributed by atoms with Crippen molar-refractivity contribution < 1.29 is 13.2 Å². The molecule has 11 heteroatoms. The summed E-state index contributed by atoms with van der Waals surface area (Å²) in [7, 11) is 0. The largest absolute Gasteiger partial charge is 0.417 e.